The summed E-state index contributed by atoms with van der Waals surface area (Å²) in [7, 11) is 0. The lowest BCUT2D eigenvalue weighted by atomic mass is 9.82. The van der Waals surface area contributed by atoms with E-state index in [1.165, 1.54) is 166 Å². The highest BCUT2D eigenvalue weighted by Crippen LogP contribution is 2.52. The molecule has 2 aliphatic carbocycles. The van der Waals surface area contributed by atoms with Crippen molar-refractivity contribution in [3.63, 3.8) is 0 Å². The van der Waals surface area contributed by atoms with Crippen molar-refractivity contribution in [3.8, 4) is 219 Å². The molecule has 20 aromatic rings. The minimum absolute atomic E-state index is 0. The van der Waals surface area contributed by atoms with Crippen molar-refractivity contribution >= 4 is 88.0 Å². The molecule has 0 unspecified atom stereocenters. The summed E-state index contributed by atoms with van der Waals surface area (Å²) in [5, 5.41) is 8.54. The Bertz CT molecular complexity index is 8640. The summed E-state index contributed by atoms with van der Waals surface area (Å²) in [5.41, 5.74) is 38.1. The third-order valence-electron chi connectivity index (χ3n) is 25.5. The second-order valence-corrected chi connectivity index (χ2v) is 35.6. The average Bonchev–Trinajstić information content (AvgIpc) is 1.57. The minimum Gasteiger partial charge on any atom is -0.356 e. The van der Waals surface area contributed by atoms with Gasteiger partial charge in [-0.3, -0.25) is 0 Å². The van der Waals surface area contributed by atoms with Gasteiger partial charge in [0.1, 0.15) is 0 Å². The molecule has 0 amide bonds. The minimum atomic E-state index is -0.0814. The van der Waals surface area contributed by atoms with Crippen LogP contribution in [0.25, 0.3) is 144 Å². The Labute approximate surface area is 836 Å². The maximum atomic E-state index is 4.90. The van der Waals surface area contributed by atoms with E-state index >= 15 is 0 Å². The van der Waals surface area contributed by atoms with Gasteiger partial charge in [-0.1, -0.05) is 372 Å². The van der Waals surface area contributed by atoms with Crippen LogP contribution >= 0.6 is 15.9 Å². The third kappa shape index (κ3) is 20.3. The van der Waals surface area contributed by atoms with Crippen molar-refractivity contribution in [1.82, 2.24) is 9.13 Å². The van der Waals surface area contributed by atoms with Crippen LogP contribution < -0.4 is 10.2 Å². The molecule has 5 heteroatoms. The predicted octanol–water partition coefficient (Wildman–Crippen LogP) is 33.2. The van der Waals surface area contributed by atoms with Crippen molar-refractivity contribution < 1.29 is 0 Å². The molecule has 22 rings (SSSR count). The predicted molar refractivity (Wildman–Crippen MR) is 599 cm³/mol. The lowest BCUT2D eigenvalue weighted by molar-refractivity contribution is 0.660. The molecule has 664 valence electrons. The number of para-hydroxylation sites is 2. The lowest BCUT2D eigenvalue weighted by Crippen LogP contribution is -2.15. The molecule has 0 spiro atoms. The quantitative estimate of drug-likeness (QED) is 0.116. The van der Waals surface area contributed by atoms with Crippen LogP contribution in [0.2, 0.25) is 0 Å². The van der Waals surface area contributed by atoms with Crippen molar-refractivity contribution in [2.24, 2.45) is 0 Å². The maximum absolute atomic E-state index is 4.90. The van der Waals surface area contributed by atoms with Crippen LogP contribution in [0, 0.1) is 119 Å². The third-order valence-corrected chi connectivity index (χ3v) is 26.0. The number of nitrogens with zero attached hydrogens (tertiary/aromatic N) is 3. The molecule has 0 fully saturated rings. The number of anilines is 5. The summed E-state index contributed by atoms with van der Waals surface area (Å²) in [4.78, 5) is 2.37. The van der Waals surface area contributed by atoms with E-state index in [0.29, 0.717) is 0 Å². The highest BCUT2D eigenvalue weighted by molar-refractivity contribution is 9.10. The van der Waals surface area contributed by atoms with Crippen LogP contribution in [0.15, 0.2) is 441 Å². The molecule has 18 aromatic carbocycles. The zero-order valence-electron chi connectivity index (χ0n) is 77.9. The molecular formula is C136H93BrN4. The van der Waals surface area contributed by atoms with Crippen LogP contribution in [0.5, 0.6) is 0 Å². The Kier molecular flexibility index (Phi) is 28.2. The molecule has 4 nitrogen and oxygen atoms in total. The molecule has 0 radical (unpaired) electrons. The van der Waals surface area contributed by atoms with Crippen LogP contribution in [0.3, 0.4) is 0 Å². The molecule has 0 atom stereocenters. The SMILES string of the molecule is C.C#CC#CC#CC#CC#CC#CC#CC#CC#CC#CC.CC1(C)c2ccccc2-c2ccc(-n3c4ccccc4c4ccc(-c5cccc(Br)c5)cc43)cc21.CC1(C)c2ccccc2-c2ccc(-n3c4ccccc4c4ccc(-c5cccc(N(c6ccc(-c7ccccc7)cc6)c6ccc(-c7ccccc7)cc6)c5)cc43)cc21.c1ccc(-c2ccc(Nc3ccc(-c4ccccc4)cc3)cc2)cc1. The van der Waals surface area contributed by atoms with Gasteiger partial charge in [-0.15, -0.1) is 6.42 Å². The van der Waals surface area contributed by atoms with E-state index in [-0.39, 0.29) is 18.3 Å². The number of hydrogen-bond donors (Lipinski definition) is 1. The Hall–Kier alpha value is -18.8. The fraction of sp³-hybridized carbons (Fsp3) is 0.0588. The van der Waals surface area contributed by atoms with Gasteiger partial charge in [-0.25, -0.2) is 0 Å². The second kappa shape index (κ2) is 42.9. The zero-order valence-corrected chi connectivity index (χ0v) is 79.5. The van der Waals surface area contributed by atoms with Crippen LogP contribution in [-0.2, 0) is 10.8 Å². The second-order valence-electron chi connectivity index (χ2n) is 34.7. The van der Waals surface area contributed by atoms with Crippen molar-refractivity contribution in [1.29, 1.82) is 0 Å². The molecule has 0 saturated carbocycles. The van der Waals surface area contributed by atoms with Crippen LogP contribution in [0.1, 0.15) is 64.3 Å². The fourth-order valence-electron chi connectivity index (χ4n) is 18.8. The van der Waals surface area contributed by atoms with E-state index in [0.717, 1.165) is 32.9 Å². The Balaban J connectivity index is 0.000000136. The summed E-state index contributed by atoms with van der Waals surface area (Å²) < 4.78 is 5.99. The van der Waals surface area contributed by atoms with E-state index in [9.17, 15) is 0 Å². The number of benzene rings is 18. The van der Waals surface area contributed by atoms with Gasteiger partial charge < -0.3 is 19.4 Å². The molecule has 0 bridgehead atoms. The first kappa shape index (κ1) is 92.7. The van der Waals surface area contributed by atoms with Gasteiger partial charge in [0.2, 0.25) is 0 Å². The normalized spacial score (nSPS) is 11.2. The number of hydrogen-bond acceptors (Lipinski definition) is 2. The molecular weight excluding hydrogens is 1770 g/mol. The Morgan fingerprint density at radius 1 is 0.241 bits per heavy atom. The molecule has 0 aliphatic heterocycles. The van der Waals surface area contributed by atoms with Gasteiger partial charge in [-0.05, 0) is 334 Å². The summed E-state index contributed by atoms with van der Waals surface area (Å²) >= 11 is 3.63. The zero-order chi connectivity index (χ0) is 95.6. The Morgan fingerprint density at radius 2 is 0.539 bits per heavy atom. The summed E-state index contributed by atoms with van der Waals surface area (Å²) in [6, 6.07) is 158. The van der Waals surface area contributed by atoms with Crippen molar-refractivity contribution in [2.45, 2.75) is 52.9 Å². The molecule has 0 saturated heterocycles. The maximum Gasteiger partial charge on any atom is 0.0547 e. The van der Waals surface area contributed by atoms with Gasteiger partial charge in [0.15, 0.2) is 0 Å². The van der Waals surface area contributed by atoms with E-state index in [2.05, 4.69) is 600 Å². The van der Waals surface area contributed by atoms with E-state index in [4.69, 9.17) is 6.42 Å². The standard InChI is InChI=1S/C57H42N2.C33H24BrN.C24H19N.C21H4.CH4/c1-57(2)53-22-11-9-20-49(53)50-35-33-48(38-54(50)57)59-55-23-12-10-21-51(55)52-34-28-44(37-56(52)59)43-18-13-19-47(36-43)58(45-29-24-41(25-30-45)39-14-5-3-6-15-39)46-31-26-42(27-32-46)40-16-7-4-8-17-40;1-33(2)29-12-5-3-10-25(29)26-17-15-24(20-30(26)33)35-31-13-6-4-11-27(31)28-16-14-22(19-32(28)35)21-8-7-9-23(34)18-21;1-3-7-19(8-4-1)21-11-15-23(16-12-21)25-24-17-13-22(14-18-24)20-9-5-2-6-10-20;1-3-5-7-9-11-13-15-17-19-21-20-18-16-14-12-10-8-6-4-2;/h3-38H,1-2H3;3-20H,1-2H3;1-18,25H;1H,2H3;1H4. The molecule has 141 heavy (non-hydrogen) atoms. The van der Waals surface area contributed by atoms with Crippen LogP contribution in [-0.4, -0.2) is 9.13 Å². The van der Waals surface area contributed by atoms with Gasteiger partial charge in [0.25, 0.3) is 0 Å². The number of nitrogens with one attached hydrogen (secondary N) is 1. The Morgan fingerprint density at radius 3 is 0.922 bits per heavy atom. The first-order chi connectivity index (χ1) is 68.8. The average molecular weight is 1860 g/mol. The highest BCUT2D eigenvalue weighted by atomic mass is 79.9. The summed E-state index contributed by atoms with van der Waals surface area (Å²) in [5.74, 6) is 46.9. The number of aromatic nitrogens is 2. The monoisotopic (exact) mass is 1860 g/mol. The van der Waals surface area contributed by atoms with Crippen LogP contribution in [0.4, 0.5) is 28.4 Å². The fourth-order valence-corrected chi connectivity index (χ4v) is 19.2. The lowest BCUT2D eigenvalue weighted by Gasteiger charge is -2.26. The first-order valence-electron chi connectivity index (χ1n) is 46.3. The number of rotatable bonds is 13. The van der Waals surface area contributed by atoms with Gasteiger partial charge in [-0.2, -0.15) is 0 Å². The summed E-state index contributed by atoms with van der Waals surface area (Å²) in [6.45, 7) is 11.1. The highest BCUT2D eigenvalue weighted by Gasteiger charge is 2.37. The van der Waals surface area contributed by atoms with E-state index < -0.39 is 0 Å². The number of halogens is 1. The smallest absolute Gasteiger partial charge is 0.0547 e. The topological polar surface area (TPSA) is 25.1 Å². The molecule has 2 aliphatic rings. The molecule has 2 aromatic heterocycles. The van der Waals surface area contributed by atoms with Crippen molar-refractivity contribution in [3.05, 3.63) is 464 Å². The van der Waals surface area contributed by atoms with E-state index in [1.54, 1.807) is 6.92 Å². The van der Waals surface area contributed by atoms with Gasteiger partial charge >= 0.3 is 0 Å². The number of terminal acetylenes is 1. The number of fused-ring (bicyclic) bond motifs is 12. The molecule has 1 N–H and O–H groups in total. The first-order valence-corrected chi connectivity index (χ1v) is 47.1. The van der Waals surface area contributed by atoms with Gasteiger partial charge in [0.05, 0.1) is 22.1 Å². The summed E-state index contributed by atoms with van der Waals surface area (Å²) in [6.07, 6.45) is 4.90. The van der Waals surface area contributed by atoms with Crippen molar-refractivity contribution in [2.75, 3.05) is 10.2 Å². The van der Waals surface area contributed by atoms with E-state index in [1.807, 2.05) is 12.1 Å². The molecule has 2 heterocycles. The van der Waals surface area contributed by atoms with Gasteiger partial charge in [0, 0.05) is 88.5 Å². The largest absolute Gasteiger partial charge is 0.356 e.